The summed E-state index contributed by atoms with van der Waals surface area (Å²) in [5.41, 5.74) is 1.34. The van der Waals surface area contributed by atoms with Crippen LogP contribution in [0.3, 0.4) is 0 Å². The molecule has 0 spiro atoms. The first-order valence-electron chi connectivity index (χ1n) is 6.73. The molecule has 24 heavy (non-hydrogen) atoms. The Bertz CT molecular complexity index is 863. The smallest absolute Gasteiger partial charge is 0.333 e. The second-order valence-electron chi connectivity index (χ2n) is 4.58. The number of nitrogens with one attached hydrogen (secondary N) is 1. The molecule has 0 bridgehead atoms. The fourth-order valence-corrected chi connectivity index (χ4v) is 3.52. The highest BCUT2D eigenvalue weighted by Crippen LogP contribution is 2.48. The van der Waals surface area contributed by atoms with Crippen molar-refractivity contribution in [1.82, 2.24) is 9.97 Å². The van der Waals surface area contributed by atoms with E-state index in [4.69, 9.17) is 27.8 Å². The minimum atomic E-state index is -4.35. The lowest BCUT2D eigenvalue weighted by Gasteiger charge is -2.09. The molecule has 3 aromatic rings. The quantitative estimate of drug-likeness (QED) is 0.361. The Morgan fingerprint density at radius 3 is 2.29 bits per heavy atom. The summed E-state index contributed by atoms with van der Waals surface area (Å²) < 4.78 is 11.1. The van der Waals surface area contributed by atoms with E-state index in [0.29, 0.717) is 21.2 Å². The second-order valence-corrected chi connectivity index (χ2v) is 8.16. The number of benzene rings is 2. The lowest BCUT2D eigenvalue weighted by Crippen LogP contribution is -2.00. The number of terminal acetylenes is 1. The Hall–Kier alpha value is -1.74. The minimum absolute atomic E-state index is 0.346. The Balaban J connectivity index is 0.000000292. The largest absolute Gasteiger partial charge is 0.350 e. The van der Waals surface area contributed by atoms with Crippen LogP contribution in [0.2, 0.25) is 5.02 Å². The first-order valence-corrected chi connectivity index (χ1v) is 9.67. The normalized spacial score (nSPS) is 12.1. The Morgan fingerprint density at radius 1 is 1.21 bits per heavy atom. The third-order valence-corrected chi connectivity index (χ3v) is 5.67. The number of fused-ring (bicyclic) bond motifs is 1. The average Bonchev–Trinajstić information content (AvgIpc) is 2.95. The molecule has 5 nitrogen and oxygen atoms in total. The number of halogens is 1. The second kappa shape index (κ2) is 8.39. The minimum Gasteiger partial charge on any atom is -0.333 e. The molecule has 0 aliphatic carbocycles. The molecule has 0 amide bonds. The highest BCUT2D eigenvalue weighted by Gasteiger charge is 2.29. The standard InChI is InChI=1S/C10H8ClN2O3PS.C6H6/c1-2-9(17(14,15)16)18-10-12-7-4-3-6(11)5-8(7)13-10;1-2-4-6-5-3-1/h1,3-5,9H,(H,12,13)(H2,14,15,16);1-6H. The molecule has 1 atom stereocenters. The zero-order valence-electron chi connectivity index (χ0n) is 12.3. The van der Waals surface area contributed by atoms with Gasteiger partial charge in [0, 0.05) is 5.02 Å². The molecule has 0 aliphatic heterocycles. The van der Waals surface area contributed by atoms with Crippen LogP contribution in [-0.2, 0) is 4.57 Å². The number of hydrogen-bond acceptors (Lipinski definition) is 3. The third kappa shape index (κ3) is 5.41. The highest BCUT2D eigenvalue weighted by atomic mass is 35.5. The Labute approximate surface area is 148 Å². The van der Waals surface area contributed by atoms with Crippen LogP contribution in [0, 0.1) is 12.3 Å². The van der Waals surface area contributed by atoms with Gasteiger partial charge in [-0.25, -0.2) is 4.98 Å². The molecule has 0 radical (unpaired) electrons. The predicted molar refractivity (Wildman–Crippen MR) is 98.1 cm³/mol. The lowest BCUT2D eigenvalue weighted by molar-refractivity contribution is 0.375. The van der Waals surface area contributed by atoms with Crippen LogP contribution in [0.25, 0.3) is 11.0 Å². The summed E-state index contributed by atoms with van der Waals surface area (Å²) in [6.45, 7) is 0. The van der Waals surface area contributed by atoms with E-state index < -0.39 is 12.6 Å². The van der Waals surface area contributed by atoms with Crippen LogP contribution in [0.15, 0.2) is 59.8 Å². The van der Waals surface area contributed by atoms with Crippen LogP contribution < -0.4 is 0 Å². The van der Waals surface area contributed by atoms with Crippen molar-refractivity contribution in [2.45, 2.75) is 10.1 Å². The van der Waals surface area contributed by atoms with Gasteiger partial charge >= 0.3 is 7.60 Å². The van der Waals surface area contributed by atoms with Gasteiger partial charge in [0.25, 0.3) is 0 Å². The number of imidazole rings is 1. The summed E-state index contributed by atoms with van der Waals surface area (Å²) in [4.78, 5) is 23.9. The van der Waals surface area contributed by atoms with Gasteiger partial charge in [-0.15, -0.1) is 6.42 Å². The van der Waals surface area contributed by atoms with Crippen LogP contribution in [-0.4, -0.2) is 24.7 Å². The van der Waals surface area contributed by atoms with Gasteiger partial charge in [-0.3, -0.25) is 4.57 Å². The van der Waals surface area contributed by atoms with E-state index in [1.807, 2.05) is 36.4 Å². The number of hydrogen-bond donors (Lipinski definition) is 3. The zero-order chi connectivity index (χ0) is 17.6. The van der Waals surface area contributed by atoms with Crippen molar-refractivity contribution in [3.05, 3.63) is 59.6 Å². The number of H-pyrrole nitrogens is 1. The van der Waals surface area contributed by atoms with Crippen LogP contribution in [0.1, 0.15) is 0 Å². The molecule has 1 unspecified atom stereocenters. The molecule has 0 saturated carbocycles. The number of aromatic nitrogens is 2. The SMILES string of the molecule is C#CC(Sc1nc2ccc(Cl)cc2[nH]1)P(=O)(O)O.c1ccccc1. The van der Waals surface area contributed by atoms with E-state index in [9.17, 15) is 4.57 Å². The number of nitrogens with zero attached hydrogens (tertiary/aromatic N) is 1. The van der Waals surface area contributed by atoms with Crippen molar-refractivity contribution in [3.63, 3.8) is 0 Å². The molecule has 1 aromatic heterocycles. The summed E-state index contributed by atoms with van der Waals surface area (Å²) in [6.07, 6.45) is 5.10. The molecule has 0 fully saturated rings. The monoisotopic (exact) mass is 380 g/mol. The van der Waals surface area contributed by atoms with Gasteiger partial charge in [0.1, 0.15) is 0 Å². The molecular formula is C16H14ClN2O3PS. The molecule has 3 N–H and O–H groups in total. The summed E-state index contributed by atoms with van der Waals surface area (Å²) in [5, 5.41) is 0.893. The van der Waals surface area contributed by atoms with Crippen LogP contribution in [0.5, 0.6) is 0 Å². The number of rotatable bonds is 3. The van der Waals surface area contributed by atoms with Crippen molar-refractivity contribution in [2.75, 3.05) is 0 Å². The third-order valence-electron chi connectivity index (χ3n) is 2.76. The molecule has 124 valence electrons. The number of thioether (sulfide) groups is 1. The van der Waals surface area contributed by atoms with Crippen molar-refractivity contribution < 1.29 is 14.4 Å². The summed E-state index contributed by atoms with van der Waals surface area (Å²) in [5.74, 6) is 2.06. The highest BCUT2D eigenvalue weighted by molar-refractivity contribution is 8.05. The summed E-state index contributed by atoms with van der Waals surface area (Å²) >= 11 is 6.64. The van der Waals surface area contributed by atoms with Crippen molar-refractivity contribution in [3.8, 4) is 12.3 Å². The molecular weight excluding hydrogens is 367 g/mol. The molecule has 2 aromatic carbocycles. The van der Waals surface area contributed by atoms with Gasteiger partial charge in [-0.2, -0.15) is 0 Å². The van der Waals surface area contributed by atoms with Crippen LogP contribution in [0.4, 0.5) is 0 Å². The zero-order valence-corrected chi connectivity index (χ0v) is 14.8. The fraction of sp³-hybridized carbons (Fsp3) is 0.0625. The van der Waals surface area contributed by atoms with Crippen molar-refractivity contribution >= 4 is 42.0 Å². The van der Waals surface area contributed by atoms with Gasteiger partial charge in [0.05, 0.1) is 11.0 Å². The molecule has 3 rings (SSSR count). The van der Waals surface area contributed by atoms with E-state index in [0.717, 1.165) is 11.8 Å². The van der Waals surface area contributed by atoms with Gasteiger partial charge in [0.2, 0.25) is 0 Å². The van der Waals surface area contributed by atoms with E-state index in [1.165, 1.54) is 0 Å². The van der Waals surface area contributed by atoms with Gasteiger partial charge < -0.3 is 14.8 Å². The van der Waals surface area contributed by atoms with Gasteiger partial charge in [-0.05, 0) is 18.2 Å². The van der Waals surface area contributed by atoms with E-state index in [1.54, 1.807) is 18.2 Å². The molecule has 0 saturated heterocycles. The lowest BCUT2D eigenvalue weighted by atomic mass is 10.3. The van der Waals surface area contributed by atoms with Gasteiger partial charge in [0.15, 0.2) is 10.1 Å². The van der Waals surface area contributed by atoms with E-state index in [-0.39, 0.29) is 0 Å². The van der Waals surface area contributed by atoms with E-state index >= 15 is 0 Å². The maximum Gasteiger partial charge on any atom is 0.350 e. The topological polar surface area (TPSA) is 86.2 Å². The number of aromatic amines is 1. The predicted octanol–water partition coefficient (Wildman–Crippen LogP) is 4.13. The maximum atomic E-state index is 11.1. The van der Waals surface area contributed by atoms with E-state index in [2.05, 4.69) is 15.9 Å². The average molecular weight is 381 g/mol. The fourth-order valence-electron chi connectivity index (χ4n) is 1.70. The first-order chi connectivity index (χ1) is 11.4. The van der Waals surface area contributed by atoms with Gasteiger partial charge in [-0.1, -0.05) is 65.7 Å². The molecule has 0 aliphatic rings. The first kappa shape index (κ1) is 18.6. The molecule has 1 heterocycles. The van der Waals surface area contributed by atoms with Crippen molar-refractivity contribution in [2.24, 2.45) is 0 Å². The summed E-state index contributed by atoms with van der Waals surface area (Å²) in [6, 6.07) is 17.1. The molecule has 8 heteroatoms. The Morgan fingerprint density at radius 2 is 1.79 bits per heavy atom. The van der Waals surface area contributed by atoms with Crippen molar-refractivity contribution in [1.29, 1.82) is 0 Å². The summed E-state index contributed by atoms with van der Waals surface area (Å²) in [7, 11) is -4.35. The maximum absolute atomic E-state index is 11.1. The van der Waals surface area contributed by atoms with Crippen LogP contribution >= 0.6 is 31.0 Å². The Kier molecular flexibility index (Phi) is 6.50.